The average Bonchev–Trinajstić information content (AvgIpc) is 2.57. The van der Waals surface area contributed by atoms with Crippen molar-refractivity contribution in [3.8, 4) is 16.9 Å². The fourth-order valence-electron chi connectivity index (χ4n) is 2.50. The lowest BCUT2D eigenvalue weighted by Crippen LogP contribution is -2.04. The molecule has 0 saturated carbocycles. The van der Waals surface area contributed by atoms with Gasteiger partial charge in [0.1, 0.15) is 5.75 Å². The van der Waals surface area contributed by atoms with Gasteiger partial charge in [-0.15, -0.1) is 0 Å². The van der Waals surface area contributed by atoms with Crippen LogP contribution in [-0.2, 0) is 6.42 Å². The molecule has 3 heteroatoms. The highest BCUT2D eigenvalue weighted by Crippen LogP contribution is 2.30. The first-order chi connectivity index (χ1) is 11.0. The number of nitrogens with two attached hydrogens (primary N) is 2. The molecular weight excluding hydrogens is 284 g/mol. The molecule has 0 bridgehead atoms. The van der Waals surface area contributed by atoms with Crippen molar-refractivity contribution in [3.05, 3.63) is 42.0 Å². The molecule has 1 unspecified atom stereocenters. The van der Waals surface area contributed by atoms with Crippen molar-refractivity contribution >= 4 is 11.4 Å². The Morgan fingerprint density at radius 2 is 1.65 bits per heavy atom. The van der Waals surface area contributed by atoms with Gasteiger partial charge in [0.25, 0.3) is 0 Å². The number of ether oxygens (including phenoxy) is 1. The maximum Gasteiger partial charge on any atom is 0.122 e. The smallest absolute Gasteiger partial charge is 0.122 e. The van der Waals surface area contributed by atoms with E-state index in [-0.39, 0.29) is 0 Å². The zero-order valence-electron chi connectivity index (χ0n) is 14.4. The first-order valence-corrected chi connectivity index (χ1v) is 8.46. The van der Waals surface area contributed by atoms with E-state index in [0.717, 1.165) is 36.3 Å². The van der Waals surface area contributed by atoms with Crippen molar-refractivity contribution < 1.29 is 4.74 Å². The fraction of sp³-hybridized carbons (Fsp3) is 0.400. The Kier molecular flexibility index (Phi) is 5.91. The standard InChI is InChI=1S/C20H28N2O/c1-4-14(3)10-11-23-20-9-7-16(12-15(20)5-2)17-6-8-18(21)19(22)13-17/h6-9,12-14H,4-5,10-11,21-22H2,1-3H3. The van der Waals surface area contributed by atoms with Gasteiger partial charge in [0.2, 0.25) is 0 Å². The maximum absolute atomic E-state index is 5.99. The Hall–Kier alpha value is -2.16. The maximum atomic E-state index is 5.99. The zero-order valence-corrected chi connectivity index (χ0v) is 14.4. The molecule has 0 saturated heterocycles. The first kappa shape index (κ1) is 17.2. The summed E-state index contributed by atoms with van der Waals surface area (Å²) in [6.07, 6.45) is 3.23. The molecule has 0 aliphatic rings. The molecule has 0 radical (unpaired) electrons. The number of aryl methyl sites for hydroxylation is 1. The van der Waals surface area contributed by atoms with Crippen LogP contribution in [0.25, 0.3) is 11.1 Å². The molecule has 2 aromatic rings. The van der Waals surface area contributed by atoms with Gasteiger partial charge in [0, 0.05) is 0 Å². The van der Waals surface area contributed by atoms with E-state index in [0.29, 0.717) is 17.3 Å². The van der Waals surface area contributed by atoms with Gasteiger partial charge in [0.15, 0.2) is 0 Å². The molecule has 2 rings (SSSR count). The van der Waals surface area contributed by atoms with Gasteiger partial charge in [-0.2, -0.15) is 0 Å². The van der Waals surface area contributed by atoms with Crippen molar-refractivity contribution in [1.29, 1.82) is 0 Å². The van der Waals surface area contributed by atoms with E-state index < -0.39 is 0 Å². The molecule has 0 aliphatic carbocycles. The molecule has 0 spiro atoms. The lowest BCUT2D eigenvalue weighted by Gasteiger charge is -2.14. The molecule has 124 valence electrons. The molecule has 23 heavy (non-hydrogen) atoms. The highest BCUT2D eigenvalue weighted by Gasteiger charge is 2.07. The van der Waals surface area contributed by atoms with Crippen LogP contribution in [0.4, 0.5) is 11.4 Å². The third kappa shape index (κ3) is 4.41. The zero-order chi connectivity index (χ0) is 16.8. The largest absolute Gasteiger partial charge is 0.493 e. The van der Waals surface area contributed by atoms with Crippen LogP contribution in [-0.4, -0.2) is 6.61 Å². The average molecular weight is 312 g/mol. The second-order valence-electron chi connectivity index (χ2n) is 6.17. The van der Waals surface area contributed by atoms with Crippen molar-refractivity contribution in [3.63, 3.8) is 0 Å². The number of hydrogen-bond donors (Lipinski definition) is 2. The Morgan fingerprint density at radius 3 is 2.30 bits per heavy atom. The Morgan fingerprint density at radius 1 is 0.957 bits per heavy atom. The predicted octanol–water partition coefficient (Wildman–Crippen LogP) is 4.90. The van der Waals surface area contributed by atoms with Crippen LogP contribution in [0.2, 0.25) is 0 Å². The van der Waals surface area contributed by atoms with Gasteiger partial charge < -0.3 is 16.2 Å². The quantitative estimate of drug-likeness (QED) is 0.715. The number of benzene rings is 2. The molecule has 3 nitrogen and oxygen atoms in total. The van der Waals surface area contributed by atoms with Gasteiger partial charge in [-0.3, -0.25) is 0 Å². The minimum absolute atomic E-state index is 0.620. The van der Waals surface area contributed by atoms with E-state index in [2.05, 4.69) is 39.0 Å². The second kappa shape index (κ2) is 7.91. The molecule has 4 N–H and O–H groups in total. The van der Waals surface area contributed by atoms with Crippen molar-refractivity contribution in [2.45, 2.75) is 40.0 Å². The predicted molar refractivity (Wildman–Crippen MR) is 99.6 cm³/mol. The summed E-state index contributed by atoms with van der Waals surface area (Å²) >= 11 is 0. The van der Waals surface area contributed by atoms with Crippen LogP contribution in [0.3, 0.4) is 0 Å². The van der Waals surface area contributed by atoms with Gasteiger partial charge in [-0.25, -0.2) is 0 Å². The summed E-state index contributed by atoms with van der Waals surface area (Å²) in [6.45, 7) is 7.40. The summed E-state index contributed by atoms with van der Waals surface area (Å²) in [6, 6.07) is 12.1. The summed E-state index contributed by atoms with van der Waals surface area (Å²) in [5.41, 5.74) is 16.4. The van der Waals surface area contributed by atoms with Crippen LogP contribution >= 0.6 is 0 Å². The van der Waals surface area contributed by atoms with Crippen LogP contribution in [0.1, 0.15) is 39.2 Å². The first-order valence-electron chi connectivity index (χ1n) is 8.46. The van der Waals surface area contributed by atoms with Crippen molar-refractivity contribution in [1.82, 2.24) is 0 Å². The number of hydrogen-bond acceptors (Lipinski definition) is 3. The van der Waals surface area contributed by atoms with E-state index >= 15 is 0 Å². The number of nitrogen functional groups attached to an aromatic ring is 2. The topological polar surface area (TPSA) is 61.3 Å². The van der Waals surface area contributed by atoms with Gasteiger partial charge in [0.05, 0.1) is 18.0 Å². The molecule has 2 aromatic carbocycles. The number of rotatable bonds is 7. The lowest BCUT2D eigenvalue weighted by atomic mass is 10.0. The van der Waals surface area contributed by atoms with Gasteiger partial charge >= 0.3 is 0 Å². The summed E-state index contributed by atoms with van der Waals surface area (Å²) in [7, 11) is 0. The normalized spacial score (nSPS) is 12.1. The molecule has 0 fully saturated rings. The molecule has 0 heterocycles. The second-order valence-corrected chi connectivity index (χ2v) is 6.17. The Bertz CT molecular complexity index is 652. The van der Waals surface area contributed by atoms with Crippen LogP contribution in [0.15, 0.2) is 36.4 Å². The molecule has 0 aliphatic heterocycles. The summed E-state index contributed by atoms with van der Waals surface area (Å²) in [5.74, 6) is 1.69. The van der Waals surface area contributed by atoms with E-state index in [1.54, 1.807) is 0 Å². The molecule has 1 atom stereocenters. The minimum Gasteiger partial charge on any atom is -0.493 e. The molecule has 0 aromatic heterocycles. The van der Waals surface area contributed by atoms with E-state index in [4.69, 9.17) is 16.2 Å². The third-order valence-corrected chi connectivity index (χ3v) is 4.43. The summed E-state index contributed by atoms with van der Waals surface area (Å²) < 4.78 is 5.99. The monoisotopic (exact) mass is 312 g/mol. The molecular formula is C20H28N2O. The summed E-state index contributed by atoms with van der Waals surface area (Å²) in [4.78, 5) is 0. The Balaban J connectivity index is 2.17. The third-order valence-electron chi connectivity index (χ3n) is 4.43. The van der Waals surface area contributed by atoms with Crippen LogP contribution < -0.4 is 16.2 Å². The van der Waals surface area contributed by atoms with E-state index in [1.807, 2.05) is 18.2 Å². The minimum atomic E-state index is 0.620. The van der Waals surface area contributed by atoms with Crippen molar-refractivity contribution in [2.24, 2.45) is 5.92 Å². The van der Waals surface area contributed by atoms with Gasteiger partial charge in [-0.05, 0) is 59.7 Å². The fourth-order valence-corrected chi connectivity index (χ4v) is 2.50. The number of anilines is 2. The van der Waals surface area contributed by atoms with Crippen molar-refractivity contribution in [2.75, 3.05) is 18.1 Å². The van der Waals surface area contributed by atoms with Crippen LogP contribution in [0.5, 0.6) is 5.75 Å². The summed E-state index contributed by atoms with van der Waals surface area (Å²) in [5, 5.41) is 0. The van der Waals surface area contributed by atoms with Crippen LogP contribution in [0, 0.1) is 5.92 Å². The highest BCUT2D eigenvalue weighted by molar-refractivity contribution is 5.75. The highest BCUT2D eigenvalue weighted by atomic mass is 16.5. The molecule has 0 amide bonds. The van der Waals surface area contributed by atoms with Gasteiger partial charge in [-0.1, -0.05) is 39.3 Å². The van der Waals surface area contributed by atoms with E-state index in [9.17, 15) is 0 Å². The van der Waals surface area contributed by atoms with E-state index in [1.165, 1.54) is 12.0 Å². The Labute approximate surface area is 139 Å². The SMILES string of the molecule is CCc1cc(-c2ccc(N)c(N)c2)ccc1OCCC(C)CC. The lowest BCUT2D eigenvalue weighted by molar-refractivity contribution is 0.279.